The lowest BCUT2D eigenvalue weighted by atomic mass is 10.2. The van der Waals surface area contributed by atoms with Crippen LogP contribution in [0.3, 0.4) is 0 Å². The Kier molecular flexibility index (Phi) is 4.58. The SMILES string of the molecule is CCn1nc(C)cc1COc1ccc(CBr)cc1F. The maximum absolute atomic E-state index is 13.8. The van der Waals surface area contributed by atoms with E-state index in [2.05, 4.69) is 21.0 Å². The van der Waals surface area contributed by atoms with Crippen molar-refractivity contribution >= 4 is 15.9 Å². The molecule has 19 heavy (non-hydrogen) atoms. The van der Waals surface area contributed by atoms with Gasteiger partial charge < -0.3 is 4.74 Å². The summed E-state index contributed by atoms with van der Waals surface area (Å²) in [5, 5.41) is 4.96. The number of aromatic nitrogens is 2. The summed E-state index contributed by atoms with van der Waals surface area (Å²) < 4.78 is 21.1. The number of ether oxygens (including phenoxy) is 1. The Morgan fingerprint density at radius 3 is 2.79 bits per heavy atom. The van der Waals surface area contributed by atoms with Crippen molar-refractivity contribution in [3.8, 4) is 5.75 Å². The number of aryl methyl sites for hydroxylation is 2. The molecule has 102 valence electrons. The van der Waals surface area contributed by atoms with Crippen LogP contribution in [-0.2, 0) is 18.5 Å². The summed E-state index contributed by atoms with van der Waals surface area (Å²) in [6.07, 6.45) is 0. The van der Waals surface area contributed by atoms with Crippen LogP contribution in [-0.4, -0.2) is 9.78 Å². The van der Waals surface area contributed by atoms with E-state index in [4.69, 9.17) is 4.74 Å². The summed E-state index contributed by atoms with van der Waals surface area (Å²) in [5.74, 6) is -0.0672. The molecule has 0 N–H and O–H groups in total. The molecule has 0 fully saturated rings. The maximum atomic E-state index is 13.8. The average Bonchev–Trinajstić information content (AvgIpc) is 2.77. The maximum Gasteiger partial charge on any atom is 0.165 e. The molecule has 2 aromatic rings. The minimum Gasteiger partial charge on any atom is -0.484 e. The van der Waals surface area contributed by atoms with Crippen molar-refractivity contribution in [3.05, 3.63) is 47.0 Å². The molecule has 0 aliphatic heterocycles. The van der Waals surface area contributed by atoms with Crippen molar-refractivity contribution in [2.45, 2.75) is 32.3 Å². The Morgan fingerprint density at radius 2 is 2.16 bits per heavy atom. The summed E-state index contributed by atoms with van der Waals surface area (Å²) in [5.41, 5.74) is 2.78. The monoisotopic (exact) mass is 326 g/mol. The van der Waals surface area contributed by atoms with Crippen molar-refractivity contribution in [3.63, 3.8) is 0 Å². The Bertz CT molecular complexity index is 569. The molecule has 0 aliphatic rings. The van der Waals surface area contributed by atoms with Crippen LogP contribution < -0.4 is 4.74 Å². The first-order valence-electron chi connectivity index (χ1n) is 6.14. The summed E-state index contributed by atoms with van der Waals surface area (Å²) in [4.78, 5) is 0. The first-order chi connectivity index (χ1) is 9.13. The fourth-order valence-corrected chi connectivity index (χ4v) is 2.23. The average molecular weight is 327 g/mol. The Hall–Kier alpha value is -1.36. The standard InChI is InChI=1S/C14H16BrFN2O/c1-3-18-12(6-10(2)17-18)9-19-14-5-4-11(8-15)7-13(14)16/h4-7H,3,8-9H2,1-2H3. The van der Waals surface area contributed by atoms with E-state index in [9.17, 15) is 4.39 Å². The lowest BCUT2D eigenvalue weighted by Crippen LogP contribution is -2.06. The fourth-order valence-electron chi connectivity index (χ4n) is 1.89. The van der Waals surface area contributed by atoms with E-state index in [0.717, 1.165) is 23.5 Å². The Labute approximate surface area is 120 Å². The normalized spacial score (nSPS) is 10.7. The van der Waals surface area contributed by atoms with Gasteiger partial charge in [-0.25, -0.2) is 4.39 Å². The van der Waals surface area contributed by atoms with Crippen LogP contribution in [0.1, 0.15) is 23.9 Å². The molecule has 3 nitrogen and oxygen atoms in total. The van der Waals surface area contributed by atoms with Gasteiger partial charge in [-0.05, 0) is 37.6 Å². The third-order valence-corrected chi connectivity index (χ3v) is 3.46. The van der Waals surface area contributed by atoms with Gasteiger partial charge in [-0.2, -0.15) is 5.10 Å². The van der Waals surface area contributed by atoms with Gasteiger partial charge in [0, 0.05) is 11.9 Å². The molecule has 0 radical (unpaired) electrons. The van der Waals surface area contributed by atoms with Gasteiger partial charge in [-0.1, -0.05) is 22.0 Å². The highest BCUT2D eigenvalue weighted by Gasteiger charge is 2.08. The first kappa shape index (κ1) is 14.1. The van der Waals surface area contributed by atoms with E-state index in [1.54, 1.807) is 6.07 Å². The number of benzene rings is 1. The van der Waals surface area contributed by atoms with Gasteiger partial charge in [-0.3, -0.25) is 4.68 Å². The lowest BCUT2D eigenvalue weighted by molar-refractivity contribution is 0.278. The highest BCUT2D eigenvalue weighted by atomic mass is 79.9. The minimum absolute atomic E-state index is 0.270. The summed E-state index contributed by atoms with van der Waals surface area (Å²) >= 11 is 3.29. The van der Waals surface area contributed by atoms with E-state index in [-0.39, 0.29) is 11.6 Å². The van der Waals surface area contributed by atoms with E-state index in [1.165, 1.54) is 6.07 Å². The third kappa shape index (κ3) is 3.35. The number of alkyl halides is 1. The second kappa shape index (κ2) is 6.19. The van der Waals surface area contributed by atoms with E-state index >= 15 is 0 Å². The first-order valence-corrected chi connectivity index (χ1v) is 7.26. The van der Waals surface area contributed by atoms with Crippen LogP contribution in [0.4, 0.5) is 4.39 Å². The van der Waals surface area contributed by atoms with Crippen molar-refractivity contribution in [1.29, 1.82) is 0 Å². The predicted octanol–water partition coefficient (Wildman–Crippen LogP) is 3.82. The zero-order chi connectivity index (χ0) is 13.8. The van der Waals surface area contributed by atoms with Crippen LogP contribution in [0.5, 0.6) is 5.75 Å². The predicted molar refractivity (Wildman–Crippen MR) is 76.0 cm³/mol. The van der Waals surface area contributed by atoms with Crippen LogP contribution in [0, 0.1) is 12.7 Å². The van der Waals surface area contributed by atoms with Gasteiger partial charge in [0.05, 0.1) is 11.4 Å². The fraction of sp³-hybridized carbons (Fsp3) is 0.357. The second-order valence-electron chi connectivity index (χ2n) is 4.28. The van der Waals surface area contributed by atoms with Crippen LogP contribution in [0.25, 0.3) is 0 Å². The molecular formula is C14H16BrFN2O. The van der Waals surface area contributed by atoms with Crippen LogP contribution in [0.2, 0.25) is 0 Å². The van der Waals surface area contributed by atoms with Gasteiger partial charge in [0.1, 0.15) is 6.61 Å². The molecule has 2 rings (SSSR count). The quantitative estimate of drug-likeness (QED) is 0.781. The van der Waals surface area contributed by atoms with Crippen molar-refractivity contribution in [2.24, 2.45) is 0 Å². The number of hydrogen-bond donors (Lipinski definition) is 0. The van der Waals surface area contributed by atoms with Crippen LogP contribution in [0.15, 0.2) is 24.3 Å². The lowest BCUT2D eigenvalue weighted by Gasteiger charge is -2.09. The number of rotatable bonds is 5. The largest absolute Gasteiger partial charge is 0.484 e. The Morgan fingerprint density at radius 1 is 1.37 bits per heavy atom. The van der Waals surface area contributed by atoms with E-state index in [1.807, 2.05) is 30.7 Å². The molecule has 0 saturated heterocycles. The smallest absolute Gasteiger partial charge is 0.165 e. The third-order valence-electron chi connectivity index (χ3n) is 2.81. The van der Waals surface area contributed by atoms with Gasteiger partial charge in [0.25, 0.3) is 0 Å². The molecule has 0 unspecified atom stereocenters. The molecule has 1 aromatic carbocycles. The molecule has 0 saturated carbocycles. The number of hydrogen-bond acceptors (Lipinski definition) is 2. The van der Waals surface area contributed by atoms with Crippen molar-refractivity contribution < 1.29 is 9.13 Å². The van der Waals surface area contributed by atoms with Gasteiger partial charge in [0.15, 0.2) is 11.6 Å². The molecule has 0 bridgehead atoms. The summed E-state index contributed by atoms with van der Waals surface area (Å²) in [6, 6.07) is 6.93. The molecule has 5 heteroatoms. The molecule has 0 amide bonds. The number of nitrogens with zero attached hydrogens (tertiary/aromatic N) is 2. The molecule has 0 atom stereocenters. The van der Waals surface area contributed by atoms with E-state index in [0.29, 0.717) is 11.9 Å². The minimum atomic E-state index is -0.337. The highest BCUT2D eigenvalue weighted by molar-refractivity contribution is 9.08. The highest BCUT2D eigenvalue weighted by Crippen LogP contribution is 2.21. The topological polar surface area (TPSA) is 27.1 Å². The van der Waals surface area contributed by atoms with Gasteiger partial charge in [0.2, 0.25) is 0 Å². The van der Waals surface area contributed by atoms with E-state index < -0.39 is 0 Å². The molecule has 1 heterocycles. The van der Waals surface area contributed by atoms with Crippen molar-refractivity contribution in [2.75, 3.05) is 0 Å². The second-order valence-corrected chi connectivity index (χ2v) is 4.84. The molecule has 0 aliphatic carbocycles. The number of halogens is 2. The molecular weight excluding hydrogens is 311 g/mol. The van der Waals surface area contributed by atoms with Crippen LogP contribution >= 0.6 is 15.9 Å². The molecule has 1 aromatic heterocycles. The van der Waals surface area contributed by atoms with Gasteiger partial charge in [-0.15, -0.1) is 0 Å². The summed E-state index contributed by atoms with van der Waals surface area (Å²) in [6.45, 7) is 5.04. The zero-order valence-electron chi connectivity index (χ0n) is 11.0. The van der Waals surface area contributed by atoms with Gasteiger partial charge >= 0.3 is 0 Å². The molecule has 0 spiro atoms. The van der Waals surface area contributed by atoms with Crippen molar-refractivity contribution in [1.82, 2.24) is 9.78 Å². The zero-order valence-corrected chi connectivity index (χ0v) is 12.6. The Balaban J connectivity index is 2.09. The summed E-state index contributed by atoms with van der Waals surface area (Å²) in [7, 11) is 0.